The number of aliphatic hydroxyl groups excluding tert-OH is 1. The molecule has 4 aliphatic carbocycles. The minimum absolute atomic E-state index is 0.0505. The number of aliphatic hydroxyl groups is 1. The number of halogens is 3. The molecule has 0 aromatic heterocycles. The number of esters is 1. The van der Waals surface area contributed by atoms with Crippen molar-refractivity contribution in [2.75, 3.05) is 11.8 Å². The fourth-order valence-electron chi connectivity index (χ4n) is 7.94. The van der Waals surface area contributed by atoms with E-state index >= 15 is 4.39 Å². The van der Waals surface area contributed by atoms with E-state index < -0.39 is 51.8 Å². The first-order valence-corrected chi connectivity index (χ1v) is 13.2. The summed E-state index contributed by atoms with van der Waals surface area (Å²) in [4.78, 5) is 38.2. The van der Waals surface area contributed by atoms with Gasteiger partial charge >= 0.3 is 5.97 Å². The summed E-state index contributed by atoms with van der Waals surface area (Å²) in [6, 6.07) is 0. The van der Waals surface area contributed by atoms with Crippen LogP contribution < -0.4 is 0 Å². The Morgan fingerprint density at radius 3 is 2.62 bits per heavy atom. The zero-order valence-corrected chi connectivity index (χ0v) is 21.4. The highest BCUT2D eigenvalue weighted by Gasteiger charge is 2.77. The summed E-state index contributed by atoms with van der Waals surface area (Å²) < 4.78 is 23.3. The zero-order chi connectivity index (χ0) is 25.1. The Balaban J connectivity index is 1.80. The van der Waals surface area contributed by atoms with E-state index in [0.29, 0.717) is 31.3 Å². The molecule has 8 heteroatoms. The van der Waals surface area contributed by atoms with Gasteiger partial charge in [-0.3, -0.25) is 14.4 Å². The summed E-state index contributed by atoms with van der Waals surface area (Å²) in [5.41, 5.74) is -4.96. The lowest BCUT2D eigenvalue weighted by atomic mass is 9.44. The summed E-state index contributed by atoms with van der Waals surface area (Å²) in [5.74, 6) is -2.44. The molecule has 8 atom stereocenters. The van der Waals surface area contributed by atoms with E-state index in [-0.39, 0.29) is 36.3 Å². The van der Waals surface area contributed by atoms with Crippen molar-refractivity contribution in [2.24, 2.45) is 28.6 Å². The van der Waals surface area contributed by atoms with Gasteiger partial charge in [-0.05, 0) is 57.1 Å². The molecule has 4 aliphatic rings. The highest BCUT2D eigenvalue weighted by Crippen LogP contribution is 2.71. The van der Waals surface area contributed by atoms with Crippen LogP contribution in [0.3, 0.4) is 0 Å². The second-order valence-corrected chi connectivity index (χ2v) is 11.6. The minimum Gasteiger partial charge on any atom is -0.450 e. The van der Waals surface area contributed by atoms with E-state index in [1.54, 1.807) is 13.0 Å². The molecule has 0 saturated heterocycles. The van der Waals surface area contributed by atoms with Gasteiger partial charge in [0.1, 0.15) is 0 Å². The highest BCUT2D eigenvalue weighted by molar-refractivity contribution is 6.29. The Hall–Kier alpha value is -1.24. The smallest absolute Gasteiger partial charge is 0.306 e. The molecular formula is C26H33Cl2FO5. The van der Waals surface area contributed by atoms with E-state index in [4.69, 9.17) is 27.9 Å². The Bertz CT molecular complexity index is 965. The van der Waals surface area contributed by atoms with E-state index in [0.717, 1.165) is 0 Å². The number of carbonyl (C=O) groups excluding carboxylic acids is 3. The topological polar surface area (TPSA) is 80.7 Å². The van der Waals surface area contributed by atoms with Crippen LogP contribution in [0.15, 0.2) is 23.8 Å². The summed E-state index contributed by atoms with van der Waals surface area (Å²) in [5, 5.41) is 11.5. The van der Waals surface area contributed by atoms with Crippen LogP contribution in [0.5, 0.6) is 0 Å². The summed E-state index contributed by atoms with van der Waals surface area (Å²) in [6.45, 7) is 5.45. The maximum Gasteiger partial charge on any atom is 0.306 e. The van der Waals surface area contributed by atoms with Gasteiger partial charge in [-0.25, -0.2) is 4.39 Å². The molecule has 34 heavy (non-hydrogen) atoms. The number of Topliss-reactive ketones (excluding diaryl/α,β-unsaturated/α-hetero) is 1. The van der Waals surface area contributed by atoms with E-state index in [1.807, 2.05) is 13.8 Å². The molecule has 4 rings (SSSR count). The van der Waals surface area contributed by atoms with Crippen LogP contribution in [0, 0.1) is 28.6 Å². The zero-order valence-electron chi connectivity index (χ0n) is 19.9. The van der Waals surface area contributed by atoms with Crippen LogP contribution >= 0.6 is 23.2 Å². The quantitative estimate of drug-likeness (QED) is 0.409. The lowest BCUT2D eigenvalue weighted by Gasteiger charge is -2.62. The third-order valence-electron chi connectivity index (χ3n) is 9.51. The van der Waals surface area contributed by atoms with Crippen LogP contribution in [0.1, 0.15) is 59.3 Å². The molecule has 0 aromatic rings. The number of fused-ring (bicyclic) bond motifs is 5. The third-order valence-corrected chi connectivity index (χ3v) is 10.0. The van der Waals surface area contributed by atoms with E-state index in [2.05, 4.69) is 0 Å². The monoisotopic (exact) mass is 514 g/mol. The number of hydrogen-bond donors (Lipinski definition) is 1. The van der Waals surface area contributed by atoms with Crippen molar-refractivity contribution in [3.63, 3.8) is 0 Å². The number of hydrogen-bond acceptors (Lipinski definition) is 5. The molecule has 0 spiro atoms. The molecule has 3 fully saturated rings. The van der Waals surface area contributed by atoms with Crippen molar-refractivity contribution in [1.82, 2.24) is 0 Å². The molecule has 5 nitrogen and oxygen atoms in total. The van der Waals surface area contributed by atoms with Crippen LogP contribution in [0.4, 0.5) is 4.39 Å². The first-order chi connectivity index (χ1) is 15.9. The van der Waals surface area contributed by atoms with Gasteiger partial charge in [0.2, 0.25) is 0 Å². The molecular weight excluding hydrogens is 482 g/mol. The molecule has 0 amide bonds. The Morgan fingerprint density at radius 1 is 1.26 bits per heavy atom. The number of ether oxygens (including phenoxy) is 1. The molecule has 0 radical (unpaired) electrons. The fourth-order valence-corrected chi connectivity index (χ4v) is 8.27. The van der Waals surface area contributed by atoms with Gasteiger partial charge in [-0.2, -0.15) is 0 Å². The average molecular weight is 515 g/mol. The predicted molar refractivity (Wildman–Crippen MR) is 127 cm³/mol. The maximum absolute atomic E-state index is 17.3. The summed E-state index contributed by atoms with van der Waals surface area (Å²) >= 11 is 11.8. The lowest BCUT2D eigenvalue weighted by Crippen LogP contribution is -2.70. The molecule has 1 N–H and O–H groups in total. The number of rotatable bonds is 6. The fraction of sp³-hybridized carbons (Fsp3) is 0.731. The van der Waals surface area contributed by atoms with E-state index in [1.165, 1.54) is 12.2 Å². The Kier molecular flexibility index (Phi) is 6.61. The largest absolute Gasteiger partial charge is 0.450 e. The van der Waals surface area contributed by atoms with Gasteiger partial charge in [-0.15, -0.1) is 23.2 Å². The Morgan fingerprint density at radius 2 is 1.97 bits per heavy atom. The normalized spacial score (nSPS) is 45.1. The van der Waals surface area contributed by atoms with Crippen molar-refractivity contribution in [2.45, 2.75) is 76.7 Å². The predicted octanol–water partition coefficient (Wildman–Crippen LogP) is 4.71. The molecule has 3 saturated carbocycles. The number of alkyl halides is 3. The minimum atomic E-state index is -2.01. The standard InChI is InChI=1S/C26H33Cl2FO5/c1-15-11-19-18-7-6-16-12-17(30)8-9-23(16,2)25(18,29)20(31)13-24(19,3)26(15,21(32)14-28)34-22(33)5-4-10-27/h8-9,12,15,18-20,31H,4-7,10-11,13-14H2,1-3H3/t15-,18?,19?,20-,23?,24?,25-,26-/m0/s1. The lowest BCUT2D eigenvalue weighted by molar-refractivity contribution is -0.227. The molecule has 0 heterocycles. The maximum atomic E-state index is 17.3. The van der Waals surface area contributed by atoms with Gasteiger partial charge in [0.25, 0.3) is 0 Å². The molecule has 188 valence electrons. The van der Waals surface area contributed by atoms with E-state index in [9.17, 15) is 19.5 Å². The van der Waals surface area contributed by atoms with Crippen molar-refractivity contribution in [3.8, 4) is 0 Å². The van der Waals surface area contributed by atoms with Crippen molar-refractivity contribution in [1.29, 1.82) is 0 Å². The van der Waals surface area contributed by atoms with Crippen molar-refractivity contribution < 1.29 is 28.6 Å². The van der Waals surface area contributed by atoms with Gasteiger partial charge in [0, 0.05) is 35.0 Å². The summed E-state index contributed by atoms with van der Waals surface area (Å²) in [6.07, 6.45) is 4.94. The Labute approximate surface area is 210 Å². The van der Waals surface area contributed by atoms with Crippen LogP contribution in [0.2, 0.25) is 0 Å². The second-order valence-electron chi connectivity index (χ2n) is 11.0. The van der Waals surface area contributed by atoms with Gasteiger partial charge in [0.05, 0.1) is 12.0 Å². The summed E-state index contributed by atoms with van der Waals surface area (Å²) in [7, 11) is 0. The second kappa shape index (κ2) is 8.70. The van der Waals surface area contributed by atoms with Crippen molar-refractivity contribution in [3.05, 3.63) is 23.8 Å². The third kappa shape index (κ3) is 3.24. The van der Waals surface area contributed by atoms with Crippen LogP contribution in [-0.2, 0) is 19.1 Å². The number of carbonyl (C=O) groups is 3. The first kappa shape index (κ1) is 25.8. The number of allylic oxidation sites excluding steroid dienone is 4. The van der Waals surface area contributed by atoms with Gasteiger partial charge < -0.3 is 9.84 Å². The molecule has 0 aliphatic heterocycles. The van der Waals surface area contributed by atoms with Crippen molar-refractivity contribution >= 4 is 40.7 Å². The highest BCUT2D eigenvalue weighted by atomic mass is 35.5. The SMILES string of the molecule is C[C@H]1CC2C3CCC4=CC(=O)C=CC4(C)[C@@]3(F)[C@@H](O)CC2(C)[C@@]1(OC(=O)CCCCl)C(=O)CCl. The van der Waals surface area contributed by atoms with Crippen LogP contribution in [0.25, 0.3) is 0 Å². The first-order valence-electron chi connectivity index (χ1n) is 12.1. The molecule has 0 bridgehead atoms. The van der Waals surface area contributed by atoms with Gasteiger partial charge in [0.15, 0.2) is 22.8 Å². The number of ketones is 2. The average Bonchev–Trinajstić information content (AvgIpc) is 3.00. The van der Waals surface area contributed by atoms with Crippen LogP contribution in [-0.4, -0.2) is 51.8 Å². The molecule has 4 unspecified atom stereocenters. The molecule has 0 aromatic carbocycles. The van der Waals surface area contributed by atoms with Gasteiger partial charge in [-0.1, -0.05) is 25.5 Å².